The molecule has 0 bridgehead atoms. The van der Waals surface area contributed by atoms with Gasteiger partial charge in [-0.1, -0.05) is 17.3 Å². The van der Waals surface area contributed by atoms with Crippen molar-refractivity contribution in [2.24, 2.45) is 0 Å². The average Bonchev–Trinajstić information content (AvgIpc) is 3.30. The lowest BCUT2D eigenvalue weighted by atomic mass is 10.0. The van der Waals surface area contributed by atoms with Crippen molar-refractivity contribution >= 4 is 11.6 Å². The summed E-state index contributed by atoms with van der Waals surface area (Å²) in [6, 6.07) is 6.59. The summed E-state index contributed by atoms with van der Waals surface area (Å²) in [6.45, 7) is -2.52. The minimum absolute atomic E-state index is 0.0116. The molecule has 1 aromatic carbocycles. The van der Waals surface area contributed by atoms with Crippen LogP contribution in [-0.4, -0.2) is 24.2 Å². The Bertz CT molecular complexity index is 771. The number of benzene rings is 1. The van der Waals surface area contributed by atoms with E-state index in [0.717, 1.165) is 30.5 Å². The largest absolute Gasteiger partial charge is 0.433 e. The van der Waals surface area contributed by atoms with Crippen molar-refractivity contribution in [1.29, 1.82) is 0 Å². The van der Waals surface area contributed by atoms with Gasteiger partial charge in [0.25, 0.3) is 5.91 Å². The molecular weight excluding hydrogens is 318 g/mol. The monoisotopic (exact) mass is 334 g/mol. The molecule has 1 aromatic heterocycles. The number of aryl methyl sites for hydroxylation is 1. The fourth-order valence-electron chi connectivity index (χ4n) is 3.10. The summed E-state index contributed by atoms with van der Waals surface area (Å²) < 4.78 is 35.2. The maximum atomic E-state index is 12.8. The fraction of sp³-hybridized carbons (Fsp3) is 0.412. The number of hydrogen-bond donors (Lipinski definition) is 0. The highest BCUT2D eigenvalue weighted by Gasteiger charge is 2.32. The summed E-state index contributed by atoms with van der Waals surface area (Å²) >= 11 is 0. The molecule has 0 atom stereocenters. The van der Waals surface area contributed by atoms with Crippen molar-refractivity contribution < 1.29 is 22.8 Å². The van der Waals surface area contributed by atoms with Crippen LogP contribution in [0.4, 0.5) is 14.5 Å². The molecule has 24 heavy (non-hydrogen) atoms. The van der Waals surface area contributed by atoms with Crippen LogP contribution >= 0.6 is 0 Å². The number of para-hydroxylation sites is 1. The average molecular weight is 334 g/mol. The topological polar surface area (TPSA) is 55.6 Å². The minimum atomic E-state index is -2.94. The van der Waals surface area contributed by atoms with Gasteiger partial charge in [-0.3, -0.25) is 4.79 Å². The highest BCUT2D eigenvalue weighted by Crippen LogP contribution is 2.41. The van der Waals surface area contributed by atoms with E-state index in [4.69, 9.17) is 4.52 Å². The molecule has 0 unspecified atom stereocenters. The van der Waals surface area contributed by atoms with E-state index in [-0.39, 0.29) is 17.4 Å². The molecule has 4 rings (SSSR count). The van der Waals surface area contributed by atoms with Crippen LogP contribution in [0.2, 0.25) is 0 Å². The Hall–Kier alpha value is -2.44. The second kappa shape index (κ2) is 5.89. The van der Waals surface area contributed by atoms with Gasteiger partial charge in [0, 0.05) is 18.5 Å². The normalized spacial score (nSPS) is 17.0. The number of aromatic nitrogens is 1. The van der Waals surface area contributed by atoms with Crippen LogP contribution < -0.4 is 9.64 Å². The zero-order valence-corrected chi connectivity index (χ0v) is 12.9. The van der Waals surface area contributed by atoms with Gasteiger partial charge in [0.2, 0.25) is 5.76 Å². The number of carbonyl (C=O) groups is 1. The molecule has 2 aliphatic rings. The first-order valence-electron chi connectivity index (χ1n) is 7.98. The standard InChI is InChI=1S/C17H16F2N2O3/c18-17(19)23-13-5-1-3-11-4-2-8-21(15(11)13)16(22)14-9-12(20-24-14)10-6-7-10/h1,3,5,9-10,17H,2,4,6-8H2. The third-order valence-corrected chi connectivity index (χ3v) is 4.38. The van der Waals surface area contributed by atoms with Gasteiger partial charge in [-0.05, 0) is 37.3 Å². The van der Waals surface area contributed by atoms with Crippen LogP contribution in [0.3, 0.4) is 0 Å². The summed E-state index contributed by atoms with van der Waals surface area (Å²) in [5, 5.41) is 3.95. The third kappa shape index (κ3) is 2.74. The Kier molecular flexibility index (Phi) is 3.70. The number of amides is 1. The summed E-state index contributed by atoms with van der Waals surface area (Å²) in [5.41, 5.74) is 2.00. The lowest BCUT2D eigenvalue weighted by molar-refractivity contribution is -0.0495. The van der Waals surface area contributed by atoms with E-state index in [9.17, 15) is 13.6 Å². The fourth-order valence-corrected chi connectivity index (χ4v) is 3.10. The van der Waals surface area contributed by atoms with Crippen molar-refractivity contribution in [3.63, 3.8) is 0 Å². The van der Waals surface area contributed by atoms with Gasteiger partial charge >= 0.3 is 6.61 Å². The van der Waals surface area contributed by atoms with E-state index in [0.29, 0.717) is 24.6 Å². The molecular formula is C17H16F2N2O3. The Balaban J connectivity index is 1.68. The molecule has 0 spiro atoms. The first-order valence-corrected chi connectivity index (χ1v) is 7.98. The Labute approximate surface area is 137 Å². The SMILES string of the molecule is O=C(c1cc(C2CC2)no1)N1CCCc2cccc(OC(F)F)c21. The first kappa shape index (κ1) is 15.1. The molecule has 5 nitrogen and oxygen atoms in total. The van der Waals surface area contributed by atoms with Crippen LogP contribution in [0.1, 0.15) is 47.0 Å². The van der Waals surface area contributed by atoms with E-state index in [1.54, 1.807) is 12.1 Å². The highest BCUT2D eigenvalue weighted by atomic mass is 19.3. The van der Waals surface area contributed by atoms with Gasteiger partial charge < -0.3 is 14.2 Å². The second-order valence-corrected chi connectivity index (χ2v) is 6.09. The second-order valence-electron chi connectivity index (χ2n) is 6.09. The van der Waals surface area contributed by atoms with E-state index in [2.05, 4.69) is 9.89 Å². The lowest BCUT2D eigenvalue weighted by Gasteiger charge is -2.30. The van der Waals surface area contributed by atoms with Crippen molar-refractivity contribution in [1.82, 2.24) is 5.16 Å². The Morgan fingerprint density at radius 3 is 2.96 bits per heavy atom. The highest BCUT2D eigenvalue weighted by molar-refractivity contribution is 6.05. The van der Waals surface area contributed by atoms with Gasteiger partial charge in [0.1, 0.15) is 5.75 Å². The van der Waals surface area contributed by atoms with Crippen LogP contribution in [0.5, 0.6) is 5.75 Å². The molecule has 1 aliphatic carbocycles. The van der Waals surface area contributed by atoms with Gasteiger partial charge in [-0.2, -0.15) is 8.78 Å². The van der Waals surface area contributed by atoms with Crippen molar-refractivity contribution in [3.05, 3.63) is 41.3 Å². The number of carbonyl (C=O) groups excluding carboxylic acids is 1. The molecule has 1 fully saturated rings. The van der Waals surface area contributed by atoms with E-state index in [1.165, 1.54) is 11.0 Å². The van der Waals surface area contributed by atoms with Crippen molar-refractivity contribution in [3.8, 4) is 5.75 Å². The molecule has 0 N–H and O–H groups in total. The molecule has 1 aliphatic heterocycles. The molecule has 0 saturated heterocycles. The summed E-state index contributed by atoms with van der Waals surface area (Å²) in [6.07, 6.45) is 3.57. The lowest BCUT2D eigenvalue weighted by Crippen LogP contribution is -2.35. The number of alkyl halides is 2. The Morgan fingerprint density at radius 1 is 1.38 bits per heavy atom. The van der Waals surface area contributed by atoms with Crippen LogP contribution in [0.15, 0.2) is 28.8 Å². The number of fused-ring (bicyclic) bond motifs is 1. The number of ether oxygens (including phenoxy) is 1. The predicted octanol–water partition coefficient (Wildman–Crippen LogP) is 3.75. The molecule has 2 heterocycles. The maximum Gasteiger partial charge on any atom is 0.387 e. The smallest absolute Gasteiger partial charge is 0.387 e. The zero-order chi connectivity index (χ0) is 16.7. The number of hydrogen-bond acceptors (Lipinski definition) is 4. The third-order valence-electron chi connectivity index (χ3n) is 4.38. The summed E-state index contributed by atoms with van der Waals surface area (Å²) in [7, 11) is 0. The minimum Gasteiger partial charge on any atom is -0.433 e. The van der Waals surface area contributed by atoms with Crippen molar-refractivity contribution in [2.75, 3.05) is 11.4 Å². The molecule has 126 valence electrons. The summed E-state index contributed by atoms with van der Waals surface area (Å²) in [4.78, 5) is 14.3. The molecule has 7 heteroatoms. The van der Waals surface area contributed by atoms with E-state index < -0.39 is 6.61 Å². The van der Waals surface area contributed by atoms with Crippen LogP contribution in [-0.2, 0) is 6.42 Å². The molecule has 1 amide bonds. The zero-order valence-electron chi connectivity index (χ0n) is 12.9. The predicted molar refractivity (Wildman–Crippen MR) is 81.5 cm³/mol. The number of rotatable bonds is 4. The van der Waals surface area contributed by atoms with Gasteiger partial charge in [-0.25, -0.2) is 0 Å². The number of anilines is 1. The van der Waals surface area contributed by atoms with Crippen molar-refractivity contribution in [2.45, 2.75) is 38.2 Å². The van der Waals surface area contributed by atoms with Crippen LogP contribution in [0.25, 0.3) is 0 Å². The van der Waals surface area contributed by atoms with Gasteiger partial charge in [-0.15, -0.1) is 0 Å². The van der Waals surface area contributed by atoms with E-state index in [1.807, 2.05) is 6.07 Å². The molecule has 1 saturated carbocycles. The first-order chi connectivity index (χ1) is 11.6. The summed E-state index contributed by atoms with van der Waals surface area (Å²) in [5.74, 6) is 0.149. The maximum absolute atomic E-state index is 12.8. The van der Waals surface area contributed by atoms with Gasteiger partial charge in [0.15, 0.2) is 0 Å². The van der Waals surface area contributed by atoms with Crippen LogP contribution in [0, 0.1) is 0 Å². The molecule has 0 radical (unpaired) electrons. The number of nitrogens with zero attached hydrogens (tertiary/aromatic N) is 2. The Morgan fingerprint density at radius 2 is 2.21 bits per heavy atom. The quantitative estimate of drug-likeness (QED) is 0.854. The van der Waals surface area contributed by atoms with E-state index >= 15 is 0 Å². The number of halogens is 2. The van der Waals surface area contributed by atoms with Gasteiger partial charge in [0.05, 0.1) is 11.4 Å². The molecule has 2 aromatic rings.